The summed E-state index contributed by atoms with van der Waals surface area (Å²) in [6.07, 6.45) is 3.18. The molecular formula is C21H29N3O4. The van der Waals surface area contributed by atoms with Crippen LogP contribution in [0.2, 0.25) is 0 Å². The minimum absolute atomic E-state index is 0.00393. The summed E-state index contributed by atoms with van der Waals surface area (Å²) in [4.78, 5) is 38.6. The number of rotatable bonds is 5. The molecule has 2 heterocycles. The van der Waals surface area contributed by atoms with Crippen molar-refractivity contribution in [2.24, 2.45) is 11.8 Å². The summed E-state index contributed by atoms with van der Waals surface area (Å²) < 4.78 is 5.07. The van der Waals surface area contributed by atoms with Gasteiger partial charge in [-0.15, -0.1) is 0 Å². The Morgan fingerprint density at radius 1 is 1.11 bits per heavy atom. The van der Waals surface area contributed by atoms with Crippen molar-refractivity contribution in [3.05, 3.63) is 29.8 Å². The largest absolute Gasteiger partial charge is 0.466 e. The number of esters is 1. The molecule has 2 amide bonds. The Labute approximate surface area is 165 Å². The predicted octanol–water partition coefficient (Wildman–Crippen LogP) is 2.04. The van der Waals surface area contributed by atoms with Crippen LogP contribution >= 0.6 is 0 Å². The molecule has 0 aromatic heterocycles. The Morgan fingerprint density at radius 2 is 1.82 bits per heavy atom. The van der Waals surface area contributed by atoms with Gasteiger partial charge in [-0.25, -0.2) is 0 Å². The lowest BCUT2D eigenvalue weighted by Crippen LogP contribution is -2.40. The SMILES string of the molecule is CCOC(=O)C1CCN(C(=O)c2ccc(NC(=O)C3CCCNC3)cc2)CC1. The van der Waals surface area contributed by atoms with Crippen molar-refractivity contribution in [2.75, 3.05) is 38.1 Å². The Kier molecular flexibility index (Phi) is 7.03. The van der Waals surface area contributed by atoms with Crippen molar-refractivity contribution in [1.82, 2.24) is 10.2 Å². The fourth-order valence-corrected chi connectivity index (χ4v) is 3.78. The maximum atomic E-state index is 12.7. The molecule has 0 aliphatic carbocycles. The molecular weight excluding hydrogens is 358 g/mol. The predicted molar refractivity (Wildman–Crippen MR) is 106 cm³/mol. The van der Waals surface area contributed by atoms with Gasteiger partial charge >= 0.3 is 5.97 Å². The third kappa shape index (κ3) is 5.10. The van der Waals surface area contributed by atoms with Crippen LogP contribution in [0.3, 0.4) is 0 Å². The van der Waals surface area contributed by atoms with E-state index in [1.807, 2.05) is 0 Å². The van der Waals surface area contributed by atoms with E-state index in [1.54, 1.807) is 36.1 Å². The van der Waals surface area contributed by atoms with Crippen LogP contribution in [0.4, 0.5) is 5.69 Å². The summed E-state index contributed by atoms with van der Waals surface area (Å²) in [5.41, 5.74) is 1.29. The van der Waals surface area contributed by atoms with Crippen LogP contribution in [0, 0.1) is 11.8 Å². The average Bonchev–Trinajstić information content (AvgIpc) is 2.74. The lowest BCUT2D eigenvalue weighted by atomic mass is 9.96. The number of amides is 2. The molecule has 2 fully saturated rings. The number of nitrogens with zero attached hydrogens (tertiary/aromatic N) is 1. The maximum absolute atomic E-state index is 12.7. The molecule has 1 aromatic carbocycles. The summed E-state index contributed by atoms with van der Waals surface area (Å²) in [6, 6.07) is 7.03. The number of benzene rings is 1. The third-order valence-corrected chi connectivity index (χ3v) is 5.47. The highest BCUT2D eigenvalue weighted by Gasteiger charge is 2.28. The lowest BCUT2D eigenvalue weighted by Gasteiger charge is -2.31. The number of nitrogens with one attached hydrogen (secondary N) is 2. The Bertz CT molecular complexity index is 690. The van der Waals surface area contributed by atoms with Gasteiger partial charge in [0.2, 0.25) is 5.91 Å². The minimum Gasteiger partial charge on any atom is -0.466 e. The van der Waals surface area contributed by atoms with Crippen LogP contribution < -0.4 is 10.6 Å². The van der Waals surface area contributed by atoms with Crippen LogP contribution in [0.1, 0.15) is 43.0 Å². The standard InChI is InChI=1S/C21H29N3O4/c1-2-28-21(27)16-9-12-24(13-10-16)20(26)15-5-7-18(8-6-15)23-19(25)17-4-3-11-22-14-17/h5-8,16-17,22H,2-4,9-14H2,1H3,(H,23,25). The van der Waals surface area contributed by atoms with E-state index in [-0.39, 0.29) is 29.6 Å². The van der Waals surface area contributed by atoms with Gasteiger partial charge < -0.3 is 20.3 Å². The quantitative estimate of drug-likeness (QED) is 0.755. The van der Waals surface area contributed by atoms with E-state index in [0.29, 0.717) is 50.3 Å². The molecule has 2 aliphatic heterocycles. The molecule has 7 heteroatoms. The van der Waals surface area contributed by atoms with Crippen molar-refractivity contribution in [3.8, 4) is 0 Å². The lowest BCUT2D eigenvalue weighted by molar-refractivity contribution is -0.149. The van der Waals surface area contributed by atoms with Crippen molar-refractivity contribution < 1.29 is 19.1 Å². The number of carbonyl (C=O) groups is 3. The highest BCUT2D eigenvalue weighted by Crippen LogP contribution is 2.21. The summed E-state index contributed by atoms with van der Waals surface area (Å²) >= 11 is 0. The molecule has 3 rings (SSSR count). The third-order valence-electron chi connectivity index (χ3n) is 5.47. The van der Waals surface area contributed by atoms with Crippen molar-refractivity contribution in [1.29, 1.82) is 0 Å². The van der Waals surface area contributed by atoms with Gasteiger partial charge in [0, 0.05) is 30.9 Å². The molecule has 1 atom stereocenters. The van der Waals surface area contributed by atoms with Crippen LogP contribution in [0.5, 0.6) is 0 Å². The second-order valence-electron chi connectivity index (χ2n) is 7.43. The number of carbonyl (C=O) groups excluding carboxylic acids is 3. The number of likely N-dealkylation sites (tertiary alicyclic amines) is 1. The first-order valence-electron chi connectivity index (χ1n) is 10.2. The molecule has 0 radical (unpaired) electrons. The smallest absolute Gasteiger partial charge is 0.309 e. The van der Waals surface area contributed by atoms with Crippen LogP contribution in [0.25, 0.3) is 0 Å². The minimum atomic E-state index is -0.164. The molecule has 152 valence electrons. The van der Waals surface area contributed by atoms with Crippen molar-refractivity contribution >= 4 is 23.5 Å². The number of hydrogen-bond acceptors (Lipinski definition) is 5. The van der Waals surface area contributed by atoms with E-state index >= 15 is 0 Å². The molecule has 2 saturated heterocycles. The Hall–Kier alpha value is -2.41. The first-order chi connectivity index (χ1) is 13.6. The summed E-state index contributed by atoms with van der Waals surface area (Å²) in [7, 11) is 0. The summed E-state index contributed by atoms with van der Waals surface area (Å²) in [5, 5.41) is 6.17. The van der Waals surface area contributed by atoms with Crippen LogP contribution in [0.15, 0.2) is 24.3 Å². The molecule has 1 aromatic rings. The molecule has 0 saturated carbocycles. The molecule has 2 aliphatic rings. The van der Waals surface area contributed by atoms with Gasteiger partial charge in [-0.3, -0.25) is 14.4 Å². The zero-order chi connectivity index (χ0) is 19.9. The normalized spacial score (nSPS) is 20.5. The Morgan fingerprint density at radius 3 is 2.43 bits per heavy atom. The fourth-order valence-electron chi connectivity index (χ4n) is 3.78. The molecule has 0 spiro atoms. The van der Waals surface area contributed by atoms with Gasteiger partial charge in [-0.1, -0.05) is 0 Å². The van der Waals surface area contributed by atoms with E-state index in [9.17, 15) is 14.4 Å². The fraction of sp³-hybridized carbons (Fsp3) is 0.571. The van der Waals surface area contributed by atoms with E-state index in [4.69, 9.17) is 4.74 Å². The maximum Gasteiger partial charge on any atom is 0.309 e. The van der Waals surface area contributed by atoms with Crippen molar-refractivity contribution in [3.63, 3.8) is 0 Å². The first-order valence-corrected chi connectivity index (χ1v) is 10.2. The van der Waals surface area contributed by atoms with Gasteiger partial charge in [-0.2, -0.15) is 0 Å². The monoisotopic (exact) mass is 387 g/mol. The molecule has 2 N–H and O–H groups in total. The van der Waals surface area contributed by atoms with Gasteiger partial charge in [0.05, 0.1) is 18.4 Å². The molecule has 1 unspecified atom stereocenters. The summed E-state index contributed by atoms with van der Waals surface area (Å²) in [5.74, 6) is -0.307. The van der Waals surface area contributed by atoms with Gasteiger partial charge in [0.1, 0.15) is 0 Å². The van der Waals surface area contributed by atoms with Gasteiger partial charge in [0.15, 0.2) is 0 Å². The second kappa shape index (κ2) is 9.68. The van der Waals surface area contributed by atoms with E-state index in [0.717, 1.165) is 19.4 Å². The first kappa shape index (κ1) is 20.3. The highest BCUT2D eigenvalue weighted by atomic mass is 16.5. The molecule has 28 heavy (non-hydrogen) atoms. The molecule has 0 bridgehead atoms. The zero-order valence-electron chi connectivity index (χ0n) is 16.4. The van der Waals surface area contributed by atoms with Gasteiger partial charge in [0.25, 0.3) is 5.91 Å². The topological polar surface area (TPSA) is 87.7 Å². The number of piperidine rings is 2. The summed E-state index contributed by atoms with van der Waals surface area (Å²) in [6.45, 7) is 4.97. The average molecular weight is 387 g/mol. The Balaban J connectivity index is 1.51. The number of hydrogen-bond donors (Lipinski definition) is 2. The van der Waals surface area contributed by atoms with E-state index < -0.39 is 0 Å². The highest BCUT2D eigenvalue weighted by molar-refractivity contribution is 5.96. The zero-order valence-corrected chi connectivity index (χ0v) is 16.4. The van der Waals surface area contributed by atoms with Crippen molar-refractivity contribution in [2.45, 2.75) is 32.6 Å². The van der Waals surface area contributed by atoms with Crippen LogP contribution in [-0.2, 0) is 14.3 Å². The number of anilines is 1. The molecule has 7 nitrogen and oxygen atoms in total. The van der Waals surface area contributed by atoms with Crippen LogP contribution in [-0.4, -0.2) is 55.5 Å². The van der Waals surface area contributed by atoms with E-state index in [1.165, 1.54) is 0 Å². The van der Waals surface area contributed by atoms with E-state index in [2.05, 4.69) is 10.6 Å². The van der Waals surface area contributed by atoms with Gasteiger partial charge in [-0.05, 0) is 63.4 Å². The number of ether oxygens (including phenoxy) is 1. The second-order valence-corrected chi connectivity index (χ2v) is 7.43.